The number of Topliss-reactive ketones (excluding diaryl/α,β-unsaturated/α-hetero) is 2. The highest BCUT2D eigenvalue weighted by atomic mass is 16.6. The lowest BCUT2D eigenvalue weighted by molar-refractivity contribution is -0.208. The fraction of sp³-hybridized carbons (Fsp3) is 0.607. The molecule has 17 N–H and O–H groups in total. The molecule has 10 rings (SSSR count). The third-order valence-corrected chi connectivity index (χ3v) is 29.0. The van der Waals surface area contributed by atoms with Crippen LogP contribution in [0.4, 0.5) is 0 Å². The number of carbonyl (C=O) groups is 12. The van der Waals surface area contributed by atoms with Crippen molar-refractivity contribution in [1.29, 1.82) is 0 Å². The summed E-state index contributed by atoms with van der Waals surface area (Å²) in [4.78, 5) is 177. The molecule has 1 aliphatic carbocycles. The quantitative estimate of drug-likeness (QED) is 0.00948. The van der Waals surface area contributed by atoms with Crippen LogP contribution in [0.1, 0.15) is 218 Å². The molecule has 0 radical (unpaired) electrons. The summed E-state index contributed by atoms with van der Waals surface area (Å²) in [5, 5.41) is 143. The van der Waals surface area contributed by atoms with Crippen molar-refractivity contribution in [1.82, 2.24) is 46.6 Å². The van der Waals surface area contributed by atoms with Gasteiger partial charge in [0.25, 0.3) is 17.6 Å². The van der Waals surface area contributed by atoms with Gasteiger partial charge in [0, 0.05) is 96.0 Å². The summed E-state index contributed by atoms with van der Waals surface area (Å²) >= 11 is 0. The first-order valence-electron chi connectivity index (χ1n) is 50.7. The fourth-order valence-electron chi connectivity index (χ4n) is 20.2. The highest BCUT2D eigenvalue weighted by Gasteiger charge is 2.53. The van der Waals surface area contributed by atoms with Crippen molar-refractivity contribution in [2.75, 3.05) is 54.1 Å². The number of fused-ring (bicyclic) bond motifs is 3. The Bertz CT molecular complexity index is 5070. The van der Waals surface area contributed by atoms with Gasteiger partial charge in [0.2, 0.25) is 47.1 Å². The molecule has 5 heterocycles. The second-order valence-corrected chi connectivity index (χ2v) is 40.3. The Kier molecular flexibility index (Phi) is 43.4. The number of nitrogens with zero attached hydrogens (tertiary/aromatic N) is 3. The van der Waals surface area contributed by atoms with E-state index in [0.29, 0.717) is 43.2 Å². The number of ketones is 2. The van der Waals surface area contributed by atoms with E-state index in [2.05, 4.69) is 63.1 Å². The number of hydrogen-bond acceptors (Lipinski definition) is 28. The Morgan fingerprint density at radius 1 is 0.604 bits per heavy atom. The van der Waals surface area contributed by atoms with Gasteiger partial charge in [-0.1, -0.05) is 157 Å². The SMILES string of the molecule is CCCCCCc1ccc(-c2ccc(-c3ccc(C(=O)NC4C[C@@H](O)[C@@H](O)NC(=O)C5[C@@H](O)[C@@H](C)CN5C(=O)C([C@@H](C)O)NC(=O)C([C@H](O)[C@@H](O)c5ccc(OCCCNC(=O)/C=C/C[C@H]6/C=C(/C)C[C@H](C)CC(OC)CC(OC)CC(C)C(O)(O)C(=O)C(=O)N7CCCCC7C(=O)O[C@@H](/C(C)=C/C7CCCC(OC)C7)[C@H](C)C(O)CC6=O)cc5)NC(=O)C5C[C@@H](O)CN5C(=O)C([C@@H](C)O)NC4=O)cc3)cc2)cc1. The number of cyclic esters (lactones) is 1. The summed E-state index contributed by atoms with van der Waals surface area (Å²) in [5.74, 6) is -20.2. The van der Waals surface area contributed by atoms with Crippen LogP contribution >= 0.6 is 0 Å². The number of aliphatic hydroxyl groups is 11. The van der Waals surface area contributed by atoms with E-state index in [1.807, 2.05) is 50.3 Å². The van der Waals surface area contributed by atoms with Crippen molar-refractivity contribution in [2.45, 2.75) is 325 Å². The molecule has 1 saturated carbocycles. The standard InChI is InChI=1S/C107H151N9O28/c1-13-14-15-16-22-67-28-30-69(31-29-67)70-32-34-71(35-33-70)72-36-38-74(39-37-72)97(128)109-81-55-86(122)100(131)113-102(133)91-92(124)62(5)57-116(91)104(135)89(66(9)118)111-101(132)90(112-99(130)83-53-76(119)58-115(83)103(134)88(65(8)117)110-98(81)129)94(126)93(125)73-40-42-77(43-41-73)143-46-21-44-108-87(123)27-20-24-75-48-59(2)47-60(3)49-79(141-11)54-80(142-12)51-63(6)107(138,139)96(127)105(136)114-45-18-17-26-82(114)106(137)144-95(64(7)84(120)56-85(75)121)61(4)50-68-23-19-25-78(52-68)140-10/h20,27-43,48,50,60,62-66,68,75-76,78-84,86,88-95,100,117-120,122,124-126,131,138-139H,13-19,21-26,44-47,49,51-58H2,1-12H3,(H,108,123)(H,109,128)(H,110,129)(H,111,132)(H,112,130)(H,113,133)/b27-20+,59-48-,61-50+/t60-,62-,63?,64+,65+,66+,68?,75-,76+,78?,79?,80?,81?,82?,83?,84?,86+,88?,89?,90?,91?,92-,93-,94-,95-,100+/m0/s1. The average Bonchev–Trinajstić information content (AvgIpc) is 1.63. The zero-order valence-corrected chi connectivity index (χ0v) is 84.6. The van der Waals surface area contributed by atoms with Gasteiger partial charge in [0.05, 0.1) is 55.4 Å². The minimum absolute atomic E-state index is 0.0000731. The third kappa shape index (κ3) is 31.0. The van der Waals surface area contributed by atoms with Crippen LogP contribution in [0, 0.1) is 35.5 Å². The molecule has 4 aromatic rings. The van der Waals surface area contributed by atoms with Gasteiger partial charge in [-0.15, -0.1) is 0 Å². The van der Waals surface area contributed by atoms with E-state index < -0.39 is 242 Å². The van der Waals surface area contributed by atoms with Crippen LogP contribution in [0.25, 0.3) is 22.3 Å². The minimum atomic E-state index is -3.15. The van der Waals surface area contributed by atoms with Crippen LogP contribution < -0.4 is 36.6 Å². The Morgan fingerprint density at radius 2 is 1.21 bits per heavy atom. The van der Waals surface area contributed by atoms with Crippen LogP contribution in [0.2, 0.25) is 0 Å². The Labute approximate surface area is 842 Å². The van der Waals surface area contributed by atoms with E-state index in [4.69, 9.17) is 23.7 Å². The average molecular weight is 2010 g/mol. The Hall–Kier alpha value is -10.6. The number of amides is 9. The van der Waals surface area contributed by atoms with E-state index in [1.54, 1.807) is 39.2 Å². The van der Waals surface area contributed by atoms with Gasteiger partial charge in [0.1, 0.15) is 78.2 Å². The molecule has 0 spiro atoms. The van der Waals surface area contributed by atoms with Gasteiger partial charge < -0.3 is 126 Å². The number of unbranched alkanes of at least 4 members (excludes halogenated alkanes) is 3. The van der Waals surface area contributed by atoms with Crippen molar-refractivity contribution in [2.24, 2.45) is 35.5 Å². The molecule has 6 aliphatic rings. The first-order chi connectivity index (χ1) is 68.4. The van der Waals surface area contributed by atoms with E-state index >= 15 is 0 Å². The number of esters is 1. The predicted molar refractivity (Wildman–Crippen MR) is 530 cm³/mol. The molecule has 13 unspecified atom stereocenters. The molecule has 792 valence electrons. The maximum absolute atomic E-state index is 15.0. The van der Waals surface area contributed by atoms with E-state index in [9.17, 15) is 114 Å². The molecule has 5 aliphatic heterocycles. The molecule has 4 saturated heterocycles. The lowest BCUT2D eigenvalue weighted by Gasteiger charge is -2.38. The smallest absolute Gasteiger partial charge is 0.329 e. The number of piperidine rings is 1. The summed E-state index contributed by atoms with van der Waals surface area (Å²) in [6.45, 7) is 13.4. The highest BCUT2D eigenvalue weighted by molar-refractivity contribution is 6.39. The number of allylic oxidation sites excluding steroid dienone is 4. The molecule has 0 bridgehead atoms. The van der Waals surface area contributed by atoms with Crippen molar-refractivity contribution in [3.05, 3.63) is 149 Å². The molecule has 37 nitrogen and oxygen atoms in total. The number of nitrogens with one attached hydrogen (secondary N) is 6. The summed E-state index contributed by atoms with van der Waals surface area (Å²) in [7, 11) is 4.62. The number of ether oxygens (including phenoxy) is 5. The first kappa shape index (κ1) is 115. The molecule has 37 heteroatoms. The summed E-state index contributed by atoms with van der Waals surface area (Å²) < 4.78 is 29.8. The Morgan fingerprint density at radius 3 is 1.83 bits per heavy atom. The second kappa shape index (κ2) is 54.2. The topological polar surface area (TPSA) is 555 Å². The van der Waals surface area contributed by atoms with Gasteiger partial charge >= 0.3 is 5.97 Å². The fourth-order valence-corrected chi connectivity index (χ4v) is 20.2. The maximum Gasteiger partial charge on any atom is 0.329 e. The lowest BCUT2D eigenvalue weighted by Crippen LogP contribution is -2.64. The molecule has 4 aromatic carbocycles. The molecule has 144 heavy (non-hydrogen) atoms. The molecule has 5 fully saturated rings. The first-order valence-corrected chi connectivity index (χ1v) is 50.7. The number of aryl methyl sites for hydroxylation is 1. The largest absolute Gasteiger partial charge is 0.494 e. The van der Waals surface area contributed by atoms with Gasteiger partial charge in [0.15, 0.2) is 6.23 Å². The number of hydrogen-bond donors (Lipinski definition) is 17. The predicted octanol–water partition coefficient (Wildman–Crippen LogP) is 4.84. The number of carbonyl (C=O) groups excluding carboxylic acids is 12. The van der Waals surface area contributed by atoms with E-state index in [-0.39, 0.29) is 92.4 Å². The second-order valence-electron chi connectivity index (χ2n) is 40.3. The molecule has 0 aromatic heterocycles. The number of rotatable bonds is 27. The lowest BCUT2D eigenvalue weighted by atomic mass is 9.82. The summed E-state index contributed by atoms with van der Waals surface area (Å²) in [5.41, 5.74) is 6.06. The molecule has 26 atom stereocenters. The highest BCUT2D eigenvalue weighted by Crippen LogP contribution is 2.37. The number of aliphatic hydroxyl groups excluding tert-OH is 9. The molecular formula is C107H151N9O28. The minimum Gasteiger partial charge on any atom is -0.494 e. The maximum atomic E-state index is 15.0. The molecule has 9 amide bonds. The van der Waals surface area contributed by atoms with Gasteiger partial charge in [-0.05, 0) is 199 Å². The zero-order valence-electron chi connectivity index (χ0n) is 84.6. The van der Waals surface area contributed by atoms with Crippen molar-refractivity contribution >= 4 is 70.7 Å². The van der Waals surface area contributed by atoms with Crippen LogP contribution in [0.3, 0.4) is 0 Å². The van der Waals surface area contributed by atoms with Gasteiger partial charge in [-0.25, -0.2) is 4.79 Å². The third-order valence-electron chi connectivity index (χ3n) is 29.0. The van der Waals surface area contributed by atoms with Crippen molar-refractivity contribution < 1.29 is 137 Å². The Balaban J connectivity index is 0.819. The van der Waals surface area contributed by atoms with Crippen molar-refractivity contribution in [3.63, 3.8) is 0 Å². The van der Waals surface area contributed by atoms with Crippen LogP contribution in [-0.4, -0.2) is 317 Å². The summed E-state index contributed by atoms with van der Waals surface area (Å²) in [6, 6.07) is 14.4. The van der Waals surface area contributed by atoms with E-state index in [1.165, 1.54) is 88.9 Å². The van der Waals surface area contributed by atoms with Gasteiger partial charge in [-0.2, -0.15) is 0 Å². The van der Waals surface area contributed by atoms with Crippen LogP contribution in [-0.2, 0) is 78.1 Å². The number of methoxy groups -OCH3 is 3. The summed E-state index contributed by atoms with van der Waals surface area (Å²) in [6.07, 6.45) is -3.78. The van der Waals surface area contributed by atoms with Crippen LogP contribution in [0.15, 0.2) is 133 Å². The zero-order chi connectivity index (χ0) is 105. The van der Waals surface area contributed by atoms with Gasteiger partial charge in [-0.3, -0.25) is 52.7 Å². The molecular weight excluding hydrogens is 1860 g/mol. The van der Waals surface area contributed by atoms with Crippen LogP contribution in [0.5, 0.6) is 5.75 Å². The number of benzene rings is 4. The van der Waals surface area contributed by atoms with E-state index in [0.717, 1.165) is 89.3 Å². The van der Waals surface area contributed by atoms with Crippen molar-refractivity contribution in [3.8, 4) is 28.0 Å². The normalized spacial score (nSPS) is 30.6. The monoisotopic (exact) mass is 2010 g/mol.